The molecule has 1 fully saturated rings. The van der Waals surface area contributed by atoms with Crippen molar-refractivity contribution in [3.05, 3.63) is 35.1 Å². The molecule has 0 bridgehead atoms. The summed E-state index contributed by atoms with van der Waals surface area (Å²) in [5, 5.41) is 3.91. The van der Waals surface area contributed by atoms with Gasteiger partial charge in [-0.3, -0.25) is 9.59 Å². The van der Waals surface area contributed by atoms with Crippen LogP contribution in [0.4, 0.5) is 0 Å². The third kappa shape index (κ3) is 4.26. The van der Waals surface area contributed by atoms with Gasteiger partial charge < -0.3 is 14.5 Å². The summed E-state index contributed by atoms with van der Waals surface area (Å²) < 4.78 is 10.7. The highest BCUT2D eigenvalue weighted by atomic mass is 16.5. The van der Waals surface area contributed by atoms with E-state index in [0.717, 1.165) is 46.9 Å². The molecule has 3 rings (SSSR count). The van der Waals surface area contributed by atoms with E-state index >= 15 is 0 Å². The molecule has 1 aliphatic rings. The minimum Gasteiger partial charge on any atom is -0.464 e. The fourth-order valence-corrected chi connectivity index (χ4v) is 3.60. The quantitative estimate of drug-likeness (QED) is 0.826. The molecule has 5 heteroatoms. The van der Waals surface area contributed by atoms with Gasteiger partial charge in [0.25, 0.3) is 5.91 Å². The molecule has 1 amide bonds. The van der Waals surface area contributed by atoms with E-state index < -0.39 is 5.97 Å². The normalized spacial score (nSPS) is 20.1. The second kappa shape index (κ2) is 7.94. The summed E-state index contributed by atoms with van der Waals surface area (Å²) in [4.78, 5) is 24.2. The number of hydrogen-bond donors (Lipinski definition) is 1. The predicted molar refractivity (Wildman–Crippen MR) is 99.9 cm³/mol. The molecule has 1 aromatic carbocycles. The monoisotopic (exact) mass is 357 g/mol. The Morgan fingerprint density at radius 3 is 2.69 bits per heavy atom. The maximum Gasteiger partial charge on any atom is 0.310 e. The number of carbonyl (C=O) groups excluding carboxylic acids is 2. The first kappa shape index (κ1) is 18.5. The summed E-state index contributed by atoms with van der Waals surface area (Å²) in [6, 6.07) is 4.19. The Morgan fingerprint density at radius 1 is 1.19 bits per heavy atom. The third-order valence-corrected chi connectivity index (χ3v) is 5.43. The van der Waals surface area contributed by atoms with Crippen molar-refractivity contribution in [2.24, 2.45) is 5.92 Å². The molecule has 0 spiro atoms. The van der Waals surface area contributed by atoms with Crippen LogP contribution in [0.25, 0.3) is 11.0 Å². The molecule has 1 saturated carbocycles. The fourth-order valence-electron chi connectivity index (χ4n) is 3.60. The summed E-state index contributed by atoms with van der Waals surface area (Å²) in [6.45, 7) is 5.98. The molecule has 0 radical (unpaired) electrons. The molecule has 1 N–H and O–H groups in total. The molecule has 1 heterocycles. The highest BCUT2D eigenvalue weighted by Crippen LogP contribution is 2.25. The molecule has 1 aromatic heterocycles. The van der Waals surface area contributed by atoms with Gasteiger partial charge in [-0.1, -0.05) is 19.8 Å². The number of aryl methyl sites for hydroxylation is 2. The van der Waals surface area contributed by atoms with Gasteiger partial charge in [-0.25, -0.2) is 0 Å². The summed E-state index contributed by atoms with van der Waals surface area (Å²) in [5.41, 5.74) is 3.85. The summed E-state index contributed by atoms with van der Waals surface area (Å²) in [5.74, 6) is -0.161. The van der Waals surface area contributed by atoms with Crippen LogP contribution in [0.3, 0.4) is 0 Å². The Hall–Kier alpha value is -2.30. The first-order valence-electron chi connectivity index (χ1n) is 9.36. The van der Waals surface area contributed by atoms with E-state index in [1.165, 1.54) is 6.42 Å². The molecular formula is C21H27NO4. The van der Waals surface area contributed by atoms with E-state index in [1.807, 2.05) is 26.0 Å². The van der Waals surface area contributed by atoms with E-state index in [2.05, 4.69) is 12.2 Å². The standard InChI is InChI=1S/C21H27NO4/c1-13-6-4-5-7-18(13)22-20(23)12-26-21(24)10-16-11-25-19-9-15(3)14(2)8-17(16)19/h8-9,11,13,18H,4-7,10,12H2,1-3H3,(H,22,23)/t13-,18+/m1/s1. The Kier molecular flexibility index (Phi) is 5.64. The second-order valence-corrected chi connectivity index (χ2v) is 7.47. The van der Waals surface area contributed by atoms with E-state index in [-0.39, 0.29) is 25.0 Å². The van der Waals surface area contributed by atoms with Gasteiger partial charge >= 0.3 is 5.97 Å². The maximum atomic E-state index is 12.1. The molecule has 5 nitrogen and oxygen atoms in total. The highest BCUT2D eigenvalue weighted by Gasteiger charge is 2.23. The number of fused-ring (bicyclic) bond motifs is 1. The zero-order chi connectivity index (χ0) is 18.7. The van der Waals surface area contributed by atoms with E-state index in [1.54, 1.807) is 6.26 Å². The lowest BCUT2D eigenvalue weighted by atomic mass is 9.86. The van der Waals surface area contributed by atoms with Crippen molar-refractivity contribution in [1.82, 2.24) is 5.32 Å². The van der Waals surface area contributed by atoms with Crippen LogP contribution in [-0.4, -0.2) is 24.5 Å². The van der Waals surface area contributed by atoms with Crippen molar-refractivity contribution >= 4 is 22.8 Å². The van der Waals surface area contributed by atoms with Crippen molar-refractivity contribution in [2.45, 2.75) is 58.9 Å². The molecule has 0 aliphatic heterocycles. The third-order valence-electron chi connectivity index (χ3n) is 5.43. The minimum absolute atomic E-state index is 0.0998. The van der Waals surface area contributed by atoms with Crippen LogP contribution < -0.4 is 5.32 Å². The van der Waals surface area contributed by atoms with Gasteiger partial charge in [0.15, 0.2) is 6.61 Å². The number of carbonyl (C=O) groups is 2. The van der Waals surface area contributed by atoms with Crippen LogP contribution in [0.5, 0.6) is 0 Å². The number of hydrogen-bond acceptors (Lipinski definition) is 4. The summed E-state index contributed by atoms with van der Waals surface area (Å²) >= 11 is 0. The van der Waals surface area contributed by atoms with Gasteiger partial charge in [-0.2, -0.15) is 0 Å². The lowest BCUT2D eigenvalue weighted by Gasteiger charge is -2.29. The van der Waals surface area contributed by atoms with Gasteiger partial charge in [0.1, 0.15) is 5.58 Å². The van der Waals surface area contributed by atoms with Crippen molar-refractivity contribution < 1.29 is 18.7 Å². The maximum absolute atomic E-state index is 12.1. The van der Waals surface area contributed by atoms with Crippen molar-refractivity contribution in [1.29, 1.82) is 0 Å². The van der Waals surface area contributed by atoms with Crippen molar-refractivity contribution in [3.8, 4) is 0 Å². The van der Waals surface area contributed by atoms with Gasteiger partial charge in [0, 0.05) is 17.0 Å². The molecule has 1 aliphatic carbocycles. The number of rotatable bonds is 5. The zero-order valence-corrected chi connectivity index (χ0v) is 15.8. The Labute approximate surface area is 154 Å². The SMILES string of the molecule is Cc1cc2occ(CC(=O)OCC(=O)N[C@H]3CCCC[C@H]3C)c2cc1C. The van der Waals surface area contributed by atoms with Gasteiger partial charge in [-0.05, 0) is 55.9 Å². The second-order valence-electron chi connectivity index (χ2n) is 7.47. The molecule has 0 saturated heterocycles. The van der Waals surface area contributed by atoms with Crippen LogP contribution >= 0.6 is 0 Å². The lowest BCUT2D eigenvalue weighted by Crippen LogP contribution is -2.42. The predicted octanol–water partition coefficient (Wildman–Crippen LogP) is 3.83. The number of esters is 1. The van der Waals surface area contributed by atoms with Crippen molar-refractivity contribution in [3.63, 3.8) is 0 Å². The molecule has 2 aromatic rings. The smallest absolute Gasteiger partial charge is 0.310 e. The number of ether oxygens (including phenoxy) is 1. The summed E-state index contributed by atoms with van der Waals surface area (Å²) in [6.07, 6.45) is 6.19. The highest BCUT2D eigenvalue weighted by molar-refractivity contribution is 5.87. The van der Waals surface area contributed by atoms with Crippen LogP contribution in [-0.2, 0) is 20.7 Å². The topological polar surface area (TPSA) is 68.5 Å². The lowest BCUT2D eigenvalue weighted by molar-refractivity contribution is -0.148. The first-order chi connectivity index (χ1) is 12.4. The minimum atomic E-state index is -0.419. The number of amides is 1. The van der Waals surface area contributed by atoms with Gasteiger partial charge in [0.2, 0.25) is 0 Å². The fraction of sp³-hybridized carbons (Fsp3) is 0.524. The molecule has 26 heavy (non-hydrogen) atoms. The first-order valence-corrected chi connectivity index (χ1v) is 9.36. The van der Waals surface area contributed by atoms with Crippen LogP contribution in [0, 0.1) is 19.8 Å². The van der Waals surface area contributed by atoms with Crippen molar-refractivity contribution in [2.75, 3.05) is 6.61 Å². The van der Waals surface area contributed by atoms with Crippen LogP contribution in [0.2, 0.25) is 0 Å². The Bertz CT molecular complexity index is 808. The van der Waals surface area contributed by atoms with Gasteiger partial charge in [-0.15, -0.1) is 0 Å². The van der Waals surface area contributed by atoms with E-state index in [9.17, 15) is 9.59 Å². The zero-order valence-electron chi connectivity index (χ0n) is 15.8. The molecule has 2 atom stereocenters. The number of benzene rings is 1. The van der Waals surface area contributed by atoms with Crippen LogP contribution in [0.15, 0.2) is 22.8 Å². The Morgan fingerprint density at radius 2 is 1.92 bits per heavy atom. The molecule has 140 valence electrons. The van der Waals surface area contributed by atoms with Crippen LogP contribution in [0.1, 0.15) is 49.3 Å². The average molecular weight is 357 g/mol. The summed E-state index contributed by atoms with van der Waals surface area (Å²) in [7, 11) is 0. The number of nitrogens with one attached hydrogen (secondary N) is 1. The largest absolute Gasteiger partial charge is 0.464 e. The Balaban J connectivity index is 1.53. The van der Waals surface area contributed by atoms with Gasteiger partial charge in [0.05, 0.1) is 12.7 Å². The van der Waals surface area contributed by atoms with E-state index in [0.29, 0.717) is 5.92 Å². The average Bonchev–Trinajstić information content (AvgIpc) is 2.97. The molecule has 0 unspecified atom stereocenters. The number of furan rings is 1. The molecular weight excluding hydrogens is 330 g/mol. The van der Waals surface area contributed by atoms with E-state index in [4.69, 9.17) is 9.15 Å².